The summed E-state index contributed by atoms with van der Waals surface area (Å²) in [5.74, 6) is 6.27. The van der Waals surface area contributed by atoms with Gasteiger partial charge in [-0.05, 0) is 123 Å². The fraction of sp³-hybridized carbons (Fsp3) is 0.782. The lowest BCUT2D eigenvalue weighted by Gasteiger charge is -2.28. The maximum atomic E-state index is 5.58. The van der Waals surface area contributed by atoms with E-state index in [1.165, 1.54) is 100 Å². The Bertz CT molecular complexity index is 1050. The molecule has 59 heavy (non-hydrogen) atoms. The third kappa shape index (κ3) is 44.0. The molecule has 2 aromatic carbocycles. The van der Waals surface area contributed by atoms with Gasteiger partial charge >= 0.3 is 0 Å². The Labute approximate surface area is 370 Å². The van der Waals surface area contributed by atoms with Crippen LogP contribution >= 0.6 is 0 Å². The van der Waals surface area contributed by atoms with Gasteiger partial charge in [0.1, 0.15) is 0 Å². The highest BCUT2D eigenvalue weighted by Gasteiger charge is 2.20. The predicted octanol–water partition coefficient (Wildman–Crippen LogP) is 16.4. The molecular formula is C55H103NO3. The van der Waals surface area contributed by atoms with Crippen molar-refractivity contribution in [1.29, 1.82) is 0 Å². The van der Waals surface area contributed by atoms with Gasteiger partial charge in [-0.3, -0.25) is 0 Å². The summed E-state index contributed by atoms with van der Waals surface area (Å²) in [4.78, 5) is 0. The van der Waals surface area contributed by atoms with E-state index in [4.69, 9.17) is 19.9 Å². The average Bonchev–Trinajstić information content (AvgIpc) is 3.19. The quantitative estimate of drug-likeness (QED) is 0.0846. The molecule has 0 aliphatic heterocycles. The van der Waals surface area contributed by atoms with E-state index in [0.29, 0.717) is 26.4 Å². The van der Waals surface area contributed by atoms with Crippen LogP contribution < -0.4 is 5.73 Å². The Morgan fingerprint density at radius 2 is 0.881 bits per heavy atom. The summed E-state index contributed by atoms with van der Waals surface area (Å²) in [5, 5.41) is 0. The van der Waals surface area contributed by atoms with Gasteiger partial charge in [0, 0.05) is 18.9 Å². The molecule has 4 heteroatoms. The van der Waals surface area contributed by atoms with Crippen molar-refractivity contribution in [2.45, 2.75) is 200 Å². The average molecular weight is 826 g/mol. The number of anilines is 1. The number of benzene rings is 2. The Morgan fingerprint density at radius 3 is 1.27 bits per heavy atom. The second kappa shape index (κ2) is 41.5. The molecule has 1 fully saturated rings. The van der Waals surface area contributed by atoms with Gasteiger partial charge in [0.25, 0.3) is 0 Å². The van der Waals surface area contributed by atoms with Crippen molar-refractivity contribution >= 4 is 5.69 Å². The largest absolute Gasteiger partial charge is 0.399 e. The Balaban J connectivity index is 0. The number of hydrogen-bond donors (Lipinski definition) is 1. The molecule has 1 aliphatic carbocycles. The molecule has 0 saturated heterocycles. The molecule has 2 N–H and O–H groups in total. The first kappa shape index (κ1) is 59.2. The van der Waals surface area contributed by atoms with Crippen LogP contribution in [0.5, 0.6) is 0 Å². The third-order valence-electron chi connectivity index (χ3n) is 11.0. The van der Waals surface area contributed by atoms with Crippen molar-refractivity contribution in [3.63, 3.8) is 0 Å². The fourth-order valence-electron chi connectivity index (χ4n) is 6.46. The van der Waals surface area contributed by atoms with Crippen LogP contribution in [0.4, 0.5) is 5.69 Å². The van der Waals surface area contributed by atoms with E-state index in [2.05, 4.69) is 133 Å². The van der Waals surface area contributed by atoms with Crippen LogP contribution in [-0.4, -0.2) is 39.6 Å². The zero-order chi connectivity index (χ0) is 44.7. The van der Waals surface area contributed by atoms with Gasteiger partial charge < -0.3 is 19.9 Å². The number of nitrogen functional groups attached to an aromatic ring is 1. The summed E-state index contributed by atoms with van der Waals surface area (Å²) in [6, 6.07) is 17.0. The minimum absolute atomic E-state index is 0.681. The Kier molecular flexibility index (Phi) is 41.6. The molecular weight excluding hydrogens is 723 g/mol. The zero-order valence-corrected chi connectivity index (χ0v) is 42.0. The lowest BCUT2D eigenvalue weighted by Crippen LogP contribution is -2.16. The highest BCUT2D eigenvalue weighted by molar-refractivity contribution is 5.39. The predicted molar refractivity (Wildman–Crippen MR) is 265 cm³/mol. The van der Waals surface area contributed by atoms with Crippen molar-refractivity contribution in [1.82, 2.24) is 0 Å². The van der Waals surface area contributed by atoms with E-state index in [0.717, 1.165) is 79.6 Å². The van der Waals surface area contributed by atoms with Gasteiger partial charge in [-0.2, -0.15) is 0 Å². The second-order valence-electron chi connectivity index (χ2n) is 19.5. The molecule has 0 unspecified atom stereocenters. The topological polar surface area (TPSA) is 53.7 Å². The molecule has 0 bridgehead atoms. The standard InChI is InChI=1S/C15H32O3.C12H18.C11H17N.C10H20.C7H16/c1-4-5-9-16-11-13-18-14-12-17-10-7-6-8-15(2)3;1-10(2)4-7-12-8-5-11(3)6-9-12;1-9(2)3-4-10-5-7-11(12)8-6-10;1-8(2)10-6-4-9(3)5-7-10;1-4-5-6-7(2)3/h15H,4-14H2,1-3H3;5-6,8-10H,4,7H2,1-3H3;5-9H,3-4,12H2,1-2H3;8-10H,4-7H2,1-3H3;7H,4-6H2,1-3H3. The van der Waals surface area contributed by atoms with Gasteiger partial charge in [0.05, 0.1) is 26.4 Å². The van der Waals surface area contributed by atoms with Crippen molar-refractivity contribution in [2.24, 2.45) is 41.4 Å². The Hall–Kier alpha value is -1.88. The maximum absolute atomic E-state index is 5.58. The monoisotopic (exact) mass is 826 g/mol. The highest BCUT2D eigenvalue weighted by Crippen LogP contribution is 2.32. The molecule has 1 aliphatic rings. The number of unbranched alkanes of at least 4 members (excludes halogenated alkanes) is 3. The van der Waals surface area contributed by atoms with Crippen molar-refractivity contribution < 1.29 is 14.2 Å². The van der Waals surface area contributed by atoms with E-state index in [-0.39, 0.29) is 0 Å². The molecule has 0 amide bonds. The molecule has 346 valence electrons. The lowest BCUT2D eigenvalue weighted by molar-refractivity contribution is 0.0133. The van der Waals surface area contributed by atoms with Gasteiger partial charge in [-0.15, -0.1) is 0 Å². The van der Waals surface area contributed by atoms with E-state index >= 15 is 0 Å². The van der Waals surface area contributed by atoms with E-state index in [1.807, 2.05) is 12.1 Å². The van der Waals surface area contributed by atoms with E-state index in [9.17, 15) is 0 Å². The van der Waals surface area contributed by atoms with Crippen molar-refractivity contribution in [3.8, 4) is 0 Å². The summed E-state index contributed by atoms with van der Waals surface area (Å²) >= 11 is 0. The normalized spacial score (nSPS) is 14.9. The SMILES string of the molecule is CC(C)CCc1ccc(N)cc1.CC1CCC(C(C)C)CC1.CCCCC(C)C.CCCCOCCOCCOCCCCC(C)C.Cc1ccc(CCC(C)C)cc1. The van der Waals surface area contributed by atoms with Crippen molar-refractivity contribution in [2.75, 3.05) is 45.4 Å². The van der Waals surface area contributed by atoms with Gasteiger partial charge in [0.2, 0.25) is 0 Å². The Morgan fingerprint density at radius 1 is 0.492 bits per heavy atom. The molecule has 0 atom stereocenters. The summed E-state index contributed by atoms with van der Waals surface area (Å²) in [6.07, 6.45) is 21.1. The summed E-state index contributed by atoms with van der Waals surface area (Å²) < 4.78 is 16.3. The van der Waals surface area contributed by atoms with Crippen LogP contribution in [0.1, 0.15) is 197 Å². The molecule has 0 radical (unpaired) electrons. The van der Waals surface area contributed by atoms with Gasteiger partial charge in [-0.1, -0.05) is 183 Å². The zero-order valence-electron chi connectivity index (χ0n) is 42.0. The molecule has 3 rings (SSSR count). The van der Waals surface area contributed by atoms with Crippen LogP contribution in [-0.2, 0) is 27.1 Å². The number of ether oxygens (including phenoxy) is 3. The number of hydrogen-bond acceptors (Lipinski definition) is 4. The van der Waals surface area contributed by atoms with Crippen LogP contribution in [0.25, 0.3) is 0 Å². The lowest BCUT2D eigenvalue weighted by atomic mass is 9.78. The smallest absolute Gasteiger partial charge is 0.0701 e. The number of nitrogens with two attached hydrogens (primary N) is 1. The van der Waals surface area contributed by atoms with Crippen LogP contribution in [0, 0.1) is 48.3 Å². The minimum atomic E-state index is 0.681. The molecule has 1 saturated carbocycles. The third-order valence-corrected chi connectivity index (χ3v) is 11.0. The summed E-state index contributed by atoms with van der Waals surface area (Å²) in [6.45, 7) is 36.2. The van der Waals surface area contributed by atoms with Crippen LogP contribution in [0.2, 0.25) is 0 Å². The highest BCUT2D eigenvalue weighted by atomic mass is 16.5. The first-order valence-corrected chi connectivity index (χ1v) is 24.7. The van der Waals surface area contributed by atoms with Crippen LogP contribution in [0.3, 0.4) is 0 Å². The van der Waals surface area contributed by atoms with E-state index < -0.39 is 0 Å². The molecule has 0 spiro atoms. The summed E-state index contributed by atoms with van der Waals surface area (Å²) in [7, 11) is 0. The molecule has 0 heterocycles. The van der Waals surface area contributed by atoms with Crippen molar-refractivity contribution in [3.05, 3.63) is 65.2 Å². The van der Waals surface area contributed by atoms with E-state index in [1.54, 1.807) is 0 Å². The van der Waals surface area contributed by atoms with Gasteiger partial charge in [-0.25, -0.2) is 0 Å². The molecule has 2 aromatic rings. The number of aryl methyl sites for hydroxylation is 3. The minimum Gasteiger partial charge on any atom is -0.399 e. The first-order chi connectivity index (χ1) is 28.1. The second-order valence-corrected chi connectivity index (χ2v) is 19.5. The molecule has 4 nitrogen and oxygen atoms in total. The number of rotatable bonds is 24. The maximum Gasteiger partial charge on any atom is 0.0701 e. The first-order valence-electron chi connectivity index (χ1n) is 24.7. The summed E-state index contributed by atoms with van der Waals surface area (Å²) in [5.41, 5.74) is 10.6. The fourth-order valence-corrected chi connectivity index (χ4v) is 6.46. The van der Waals surface area contributed by atoms with Crippen LogP contribution in [0.15, 0.2) is 48.5 Å². The van der Waals surface area contributed by atoms with Gasteiger partial charge in [0.15, 0.2) is 0 Å². The molecule has 0 aromatic heterocycles.